The minimum absolute atomic E-state index is 0.187. The molecule has 0 bridgehead atoms. The molecule has 27 heavy (non-hydrogen) atoms. The molecule has 3 nitrogen and oxygen atoms in total. The lowest BCUT2D eigenvalue weighted by atomic mass is 10.1. The van der Waals surface area contributed by atoms with Crippen LogP contribution in [0, 0.1) is 11.6 Å². The molecule has 1 heterocycles. The number of hydrogen-bond acceptors (Lipinski definition) is 3. The van der Waals surface area contributed by atoms with E-state index in [1.807, 2.05) is 54.6 Å². The number of para-hydroxylation sites is 1. The third-order valence-electron chi connectivity index (χ3n) is 4.32. The Hall–Kier alpha value is -3.18. The van der Waals surface area contributed by atoms with Gasteiger partial charge < -0.3 is 5.32 Å². The SMILES string of the molecule is Fc1ccc(-c2nc(CNCc3ccccc3)c3ccccc3n2)c(F)c1. The zero-order chi connectivity index (χ0) is 18.6. The van der Waals surface area contributed by atoms with Crippen LogP contribution in [0.4, 0.5) is 8.78 Å². The second-order valence-corrected chi connectivity index (χ2v) is 6.22. The number of hydrogen-bond donors (Lipinski definition) is 1. The molecule has 4 aromatic rings. The van der Waals surface area contributed by atoms with E-state index in [-0.39, 0.29) is 11.4 Å². The van der Waals surface area contributed by atoms with Crippen LogP contribution in [0.5, 0.6) is 0 Å². The van der Waals surface area contributed by atoms with Crippen molar-refractivity contribution in [2.45, 2.75) is 13.1 Å². The third kappa shape index (κ3) is 3.83. The number of halogens is 2. The van der Waals surface area contributed by atoms with Gasteiger partial charge >= 0.3 is 0 Å². The highest BCUT2D eigenvalue weighted by Crippen LogP contribution is 2.24. The summed E-state index contributed by atoms with van der Waals surface area (Å²) in [4.78, 5) is 9.02. The van der Waals surface area contributed by atoms with Crippen LogP contribution in [0.2, 0.25) is 0 Å². The van der Waals surface area contributed by atoms with Gasteiger partial charge in [0, 0.05) is 24.5 Å². The summed E-state index contributed by atoms with van der Waals surface area (Å²) in [5, 5.41) is 4.28. The number of nitrogens with one attached hydrogen (secondary N) is 1. The lowest BCUT2D eigenvalue weighted by Crippen LogP contribution is -2.14. The minimum Gasteiger partial charge on any atom is -0.307 e. The van der Waals surface area contributed by atoms with Gasteiger partial charge in [0.05, 0.1) is 16.8 Å². The Morgan fingerprint density at radius 2 is 1.56 bits per heavy atom. The summed E-state index contributed by atoms with van der Waals surface area (Å²) in [5.41, 5.74) is 2.85. The molecule has 0 atom stereocenters. The van der Waals surface area contributed by atoms with Gasteiger partial charge in [-0.2, -0.15) is 0 Å². The zero-order valence-electron chi connectivity index (χ0n) is 14.5. The molecule has 134 valence electrons. The summed E-state index contributed by atoms with van der Waals surface area (Å²) >= 11 is 0. The molecule has 0 aliphatic rings. The van der Waals surface area contributed by atoms with E-state index in [1.165, 1.54) is 17.7 Å². The van der Waals surface area contributed by atoms with Crippen molar-refractivity contribution in [2.75, 3.05) is 0 Å². The van der Waals surface area contributed by atoms with Gasteiger partial charge in [0.1, 0.15) is 11.6 Å². The number of rotatable bonds is 5. The van der Waals surface area contributed by atoms with E-state index in [1.54, 1.807) is 0 Å². The van der Waals surface area contributed by atoms with Crippen LogP contribution in [0.15, 0.2) is 72.8 Å². The third-order valence-corrected chi connectivity index (χ3v) is 4.32. The molecule has 5 heteroatoms. The highest BCUT2D eigenvalue weighted by Gasteiger charge is 2.13. The van der Waals surface area contributed by atoms with Crippen molar-refractivity contribution in [2.24, 2.45) is 0 Å². The fourth-order valence-corrected chi connectivity index (χ4v) is 2.99. The topological polar surface area (TPSA) is 37.8 Å². The number of fused-ring (bicyclic) bond motifs is 1. The highest BCUT2D eigenvalue weighted by molar-refractivity contribution is 5.82. The first-order valence-electron chi connectivity index (χ1n) is 8.66. The molecule has 0 spiro atoms. The average Bonchev–Trinajstić information content (AvgIpc) is 2.68. The molecule has 1 N–H and O–H groups in total. The second kappa shape index (κ2) is 7.60. The normalized spacial score (nSPS) is 11.0. The summed E-state index contributed by atoms with van der Waals surface area (Å²) < 4.78 is 27.4. The first kappa shape index (κ1) is 17.2. The van der Waals surface area contributed by atoms with Gasteiger partial charge in [-0.05, 0) is 23.8 Å². The van der Waals surface area contributed by atoms with Crippen molar-refractivity contribution in [1.29, 1.82) is 0 Å². The van der Waals surface area contributed by atoms with E-state index < -0.39 is 11.6 Å². The molecular formula is C22H17F2N3. The molecular weight excluding hydrogens is 344 g/mol. The molecule has 0 aliphatic carbocycles. The Labute approximate surface area is 155 Å². The zero-order valence-corrected chi connectivity index (χ0v) is 14.5. The van der Waals surface area contributed by atoms with E-state index >= 15 is 0 Å². The van der Waals surface area contributed by atoms with Crippen molar-refractivity contribution in [3.8, 4) is 11.4 Å². The van der Waals surface area contributed by atoms with Gasteiger partial charge in [0.25, 0.3) is 0 Å². The van der Waals surface area contributed by atoms with E-state index in [0.29, 0.717) is 13.1 Å². The monoisotopic (exact) mass is 361 g/mol. The Kier molecular flexibility index (Phi) is 4.85. The molecule has 0 unspecified atom stereocenters. The van der Waals surface area contributed by atoms with Crippen LogP contribution in [-0.4, -0.2) is 9.97 Å². The summed E-state index contributed by atoms with van der Waals surface area (Å²) in [6.07, 6.45) is 0. The van der Waals surface area contributed by atoms with Gasteiger partial charge in [0.2, 0.25) is 0 Å². The predicted octanol–water partition coefficient (Wildman–Crippen LogP) is 4.86. The van der Waals surface area contributed by atoms with Gasteiger partial charge in [-0.3, -0.25) is 0 Å². The Morgan fingerprint density at radius 3 is 2.37 bits per heavy atom. The van der Waals surface area contributed by atoms with E-state index in [2.05, 4.69) is 15.3 Å². The highest BCUT2D eigenvalue weighted by atomic mass is 19.1. The van der Waals surface area contributed by atoms with Gasteiger partial charge in [-0.15, -0.1) is 0 Å². The molecule has 1 aromatic heterocycles. The molecule has 4 rings (SSSR count). The summed E-state index contributed by atoms with van der Waals surface area (Å²) in [6.45, 7) is 1.20. The average molecular weight is 361 g/mol. The van der Waals surface area contributed by atoms with Crippen LogP contribution in [0.25, 0.3) is 22.3 Å². The van der Waals surface area contributed by atoms with Crippen molar-refractivity contribution >= 4 is 10.9 Å². The van der Waals surface area contributed by atoms with Gasteiger partial charge in [0.15, 0.2) is 5.82 Å². The predicted molar refractivity (Wildman–Crippen MR) is 102 cm³/mol. The quantitative estimate of drug-likeness (QED) is 0.551. The Bertz CT molecular complexity index is 1080. The molecule has 0 aliphatic heterocycles. The van der Waals surface area contributed by atoms with Gasteiger partial charge in [-0.1, -0.05) is 48.5 Å². The van der Waals surface area contributed by atoms with Crippen LogP contribution >= 0.6 is 0 Å². The number of aromatic nitrogens is 2. The molecule has 0 fully saturated rings. The van der Waals surface area contributed by atoms with E-state index in [9.17, 15) is 8.78 Å². The second-order valence-electron chi connectivity index (χ2n) is 6.22. The summed E-state index contributed by atoms with van der Waals surface area (Å²) in [5.74, 6) is -1.04. The fraction of sp³-hybridized carbons (Fsp3) is 0.0909. The Morgan fingerprint density at radius 1 is 0.778 bits per heavy atom. The van der Waals surface area contributed by atoms with E-state index in [4.69, 9.17) is 0 Å². The lowest BCUT2D eigenvalue weighted by molar-refractivity contribution is 0.585. The van der Waals surface area contributed by atoms with Crippen LogP contribution in [-0.2, 0) is 13.1 Å². The number of benzene rings is 3. The number of nitrogens with zero attached hydrogens (tertiary/aromatic N) is 2. The fourth-order valence-electron chi connectivity index (χ4n) is 2.99. The molecule has 0 saturated heterocycles. The lowest BCUT2D eigenvalue weighted by Gasteiger charge is -2.10. The van der Waals surface area contributed by atoms with Gasteiger partial charge in [-0.25, -0.2) is 18.7 Å². The first-order chi connectivity index (χ1) is 13.2. The molecule has 3 aromatic carbocycles. The molecule has 0 amide bonds. The van der Waals surface area contributed by atoms with Crippen LogP contribution in [0.1, 0.15) is 11.3 Å². The van der Waals surface area contributed by atoms with Crippen molar-refractivity contribution in [3.05, 3.63) is 95.7 Å². The largest absolute Gasteiger partial charge is 0.307 e. The maximum Gasteiger partial charge on any atom is 0.163 e. The Balaban J connectivity index is 1.68. The summed E-state index contributed by atoms with van der Waals surface area (Å²) in [6, 6.07) is 21.1. The van der Waals surface area contributed by atoms with Crippen LogP contribution < -0.4 is 5.32 Å². The van der Waals surface area contributed by atoms with E-state index in [0.717, 1.165) is 22.7 Å². The standard InChI is InChI=1S/C22H17F2N3/c23-16-10-11-17(19(24)12-16)22-26-20-9-5-4-8-18(20)21(27-22)14-25-13-15-6-2-1-3-7-15/h1-12,25H,13-14H2. The maximum absolute atomic E-state index is 14.2. The van der Waals surface area contributed by atoms with Crippen molar-refractivity contribution in [1.82, 2.24) is 15.3 Å². The maximum atomic E-state index is 14.2. The minimum atomic E-state index is -0.673. The smallest absolute Gasteiger partial charge is 0.163 e. The first-order valence-corrected chi connectivity index (χ1v) is 8.66. The molecule has 0 saturated carbocycles. The van der Waals surface area contributed by atoms with Crippen molar-refractivity contribution < 1.29 is 8.78 Å². The van der Waals surface area contributed by atoms with Crippen molar-refractivity contribution in [3.63, 3.8) is 0 Å². The van der Waals surface area contributed by atoms with Crippen LogP contribution in [0.3, 0.4) is 0 Å². The molecule has 0 radical (unpaired) electrons. The summed E-state index contributed by atoms with van der Waals surface area (Å²) in [7, 11) is 0.